The number of rotatable bonds is 7. The standard InChI is InChI=1S/C13H18BrO5P/c1-4-18-20(16,19-5-2)9-11-10(13(15)17-3)7-6-8-12(11)14/h6-8H,4-5,9H2,1-3H3. The van der Waals surface area contributed by atoms with Gasteiger partial charge in [-0.1, -0.05) is 22.0 Å². The van der Waals surface area contributed by atoms with Gasteiger partial charge in [0.15, 0.2) is 0 Å². The van der Waals surface area contributed by atoms with Crippen molar-refractivity contribution in [2.24, 2.45) is 0 Å². The highest BCUT2D eigenvalue weighted by Gasteiger charge is 2.28. The van der Waals surface area contributed by atoms with E-state index in [0.717, 1.165) is 0 Å². The van der Waals surface area contributed by atoms with Gasteiger partial charge in [0.25, 0.3) is 0 Å². The highest BCUT2D eigenvalue weighted by Crippen LogP contribution is 2.52. The molecule has 1 aromatic rings. The average molecular weight is 365 g/mol. The zero-order chi connectivity index (χ0) is 15.2. The van der Waals surface area contributed by atoms with Gasteiger partial charge in [-0.3, -0.25) is 4.57 Å². The lowest BCUT2D eigenvalue weighted by Crippen LogP contribution is -2.08. The molecule has 112 valence electrons. The van der Waals surface area contributed by atoms with E-state index in [-0.39, 0.29) is 19.4 Å². The summed E-state index contributed by atoms with van der Waals surface area (Å²) < 4.78 is 28.5. The zero-order valence-electron chi connectivity index (χ0n) is 11.7. The molecule has 0 aliphatic heterocycles. The molecule has 0 aromatic heterocycles. The van der Waals surface area contributed by atoms with Crippen molar-refractivity contribution in [3.8, 4) is 0 Å². The smallest absolute Gasteiger partial charge is 0.338 e. The van der Waals surface area contributed by atoms with Crippen LogP contribution in [0.15, 0.2) is 22.7 Å². The Morgan fingerprint density at radius 3 is 2.35 bits per heavy atom. The van der Waals surface area contributed by atoms with Crippen LogP contribution in [-0.4, -0.2) is 26.3 Å². The van der Waals surface area contributed by atoms with Crippen LogP contribution in [0.3, 0.4) is 0 Å². The fourth-order valence-electron chi connectivity index (χ4n) is 1.74. The van der Waals surface area contributed by atoms with Crippen LogP contribution in [0.1, 0.15) is 29.8 Å². The highest BCUT2D eigenvalue weighted by molar-refractivity contribution is 9.10. The van der Waals surface area contributed by atoms with Crippen molar-refractivity contribution in [3.63, 3.8) is 0 Å². The SMILES string of the molecule is CCOP(=O)(Cc1c(Br)cccc1C(=O)OC)OCC. The molecule has 0 radical (unpaired) electrons. The van der Waals surface area contributed by atoms with Gasteiger partial charge in [0.05, 0.1) is 32.0 Å². The van der Waals surface area contributed by atoms with E-state index in [4.69, 9.17) is 13.8 Å². The van der Waals surface area contributed by atoms with Gasteiger partial charge in [0.2, 0.25) is 0 Å². The second-order valence-corrected chi connectivity index (χ2v) is 6.77. The van der Waals surface area contributed by atoms with Gasteiger partial charge < -0.3 is 13.8 Å². The van der Waals surface area contributed by atoms with Gasteiger partial charge in [-0.15, -0.1) is 0 Å². The Balaban J connectivity index is 3.18. The molecular formula is C13H18BrO5P. The first kappa shape index (κ1) is 17.4. The Kier molecular flexibility index (Phi) is 6.89. The zero-order valence-corrected chi connectivity index (χ0v) is 14.2. The molecule has 0 bridgehead atoms. The molecule has 1 rings (SSSR count). The number of carbonyl (C=O) groups excluding carboxylic acids is 1. The number of hydrogen-bond acceptors (Lipinski definition) is 5. The van der Waals surface area contributed by atoms with Crippen LogP contribution in [0.4, 0.5) is 0 Å². The summed E-state index contributed by atoms with van der Waals surface area (Å²) in [6, 6.07) is 5.10. The third-order valence-electron chi connectivity index (χ3n) is 2.53. The summed E-state index contributed by atoms with van der Waals surface area (Å²) in [6.45, 7) is 4.03. The average Bonchev–Trinajstić information content (AvgIpc) is 2.40. The topological polar surface area (TPSA) is 61.8 Å². The van der Waals surface area contributed by atoms with E-state index in [0.29, 0.717) is 15.6 Å². The minimum absolute atomic E-state index is 0.0144. The number of halogens is 1. The van der Waals surface area contributed by atoms with Crippen LogP contribution in [0.5, 0.6) is 0 Å². The number of methoxy groups -OCH3 is 1. The van der Waals surface area contributed by atoms with E-state index in [1.54, 1.807) is 32.0 Å². The molecule has 0 amide bonds. The Morgan fingerprint density at radius 2 is 1.85 bits per heavy atom. The maximum Gasteiger partial charge on any atom is 0.338 e. The van der Waals surface area contributed by atoms with Crippen molar-refractivity contribution < 1.29 is 23.1 Å². The molecule has 0 spiro atoms. The van der Waals surface area contributed by atoms with E-state index >= 15 is 0 Å². The van der Waals surface area contributed by atoms with Crippen molar-refractivity contribution in [2.45, 2.75) is 20.0 Å². The summed E-state index contributed by atoms with van der Waals surface area (Å²) >= 11 is 3.36. The molecule has 20 heavy (non-hydrogen) atoms. The summed E-state index contributed by atoms with van der Waals surface area (Å²) in [5.41, 5.74) is 0.908. The molecule has 0 N–H and O–H groups in total. The van der Waals surface area contributed by atoms with Crippen molar-refractivity contribution >= 4 is 29.5 Å². The predicted octanol–water partition coefficient (Wildman–Crippen LogP) is 4.00. The summed E-state index contributed by atoms with van der Waals surface area (Å²) in [5.74, 6) is -0.485. The van der Waals surface area contributed by atoms with E-state index in [9.17, 15) is 9.36 Å². The molecule has 0 atom stereocenters. The first-order chi connectivity index (χ1) is 9.47. The number of ether oxygens (including phenoxy) is 1. The summed E-state index contributed by atoms with van der Waals surface area (Å²) in [5, 5.41) is 0. The lowest BCUT2D eigenvalue weighted by Gasteiger charge is -2.19. The van der Waals surface area contributed by atoms with E-state index in [1.807, 2.05) is 0 Å². The highest BCUT2D eigenvalue weighted by atomic mass is 79.9. The molecule has 0 aliphatic rings. The van der Waals surface area contributed by atoms with Crippen molar-refractivity contribution in [1.82, 2.24) is 0 Å². The monoisotopic (exact) mass is 364 g/mol. The normalized spacial score (nSPS) is 11.4. The van der Waals surface area contributed by atoms with Crippen molar-refractivity contribution in [2.75, 3.05) is 20.3 Å². The molecule has 0 saturated heterocycles. The van der Waals surface area contributed by atoms with E-state index < -0.39 is 13.6 Å². The minimum Gasteiger partial charge on any atom is -0.465 e. The summed E-state index contributed by atoms with van der Waals surface area (Å²) in [4.78, 5) is 11.8. The molecule has 0 aliphatic carbocycles. The van der Waals surface area contributed by atoms with E-state index in [2.05, 4.69) is 15.9 Å². The van der Waals surface area contributed by atoms with Crippen molar-refractivity contribution in [3.05, 3.63) is 33.8 Å². The van der Waals surface area contributed by atoms with Crippen molar-refractivity contribution in [1.29, 1.82) is 0 Å². The van der Waals surface area contributed by atoms with Gasteiger partial charge in [-0.2, -0.15) is 0 Å². The second kappa shape index (κ2) is 7.93. The lowest BCUT2D eigenvalue weighted by atomic mass is 10.1. The molecule has 0 fully saturated rings. The third-order valence-corrected chi connectivity index (χ3v) is 5.28. The molecular weight excluding hydrogens is 347 g/mol. The molecule has 7 heteroatoms. The largest absolute Gasteiger partial charge is 0.465 e. The summed E-state index contributed by atoms with van der Waals surface area (Å²) in [7, 11) is -1.98. The Bertz CT molecular complexity index is 507. The van der Waals surface area contributed by atoms with Gasteiger partial charge in [0, 0.05) is 4.47 Å². The van der Waals surface area contributed by atoms with Gasteiger partial charge in [-0.25, -0.2) is 4.79 Å². The van der Waals surface area contributed by atoms with Crippen LogP contribution >= 0.6 is 23.5 Å². The van der Waals surface area contributed by atoms with Crippen LogP contribution in [0, 0.1) is 0 Å². The molecule has 1 aromatic carbocycles. The van der Waals surface area contributed by atoms with Crippen LogP contribution in [0.25, 0.3) is 0 Å². The van der Waals surface area contributed by atoms with Crippen LogP contribution in [0.2, 0.25) is 0 Å². The number of benzene rings is 1. The third kappa shape index (κ3) is 4.42. The first-order valence-corrected chi connectivity index (χ1v) is 8.73. The van der Waals surface area contributed by atoms with Crippen LogP contribution in [-0.2, 0) is 24.5 Å². The maximum absolute atomic E-state index is 12.6. The van der Waals surface area contributed by atoms with Gasteiger partial charge in [0.1, 0.15) is 0 Å². The molecule has 0 unspecified atom stereocenters. The fourth-order valence-corrected chi connectivity index (χ4v) is 4.23. The second-order valence-electron chi connectivity index (χ2n) is 3.86. The summed E-state index contributed by atoms with van der Waals surface area (Å²) in [6.07, 6.45) is 0.0144. The Labute approximate surface area is 127 Å². The Hall–Kier alpha value is -0.680. The van der Waals surface area contributed by atoms with E-state index in [1.165, 1.54) is 7.11 Å². The lowest BCUT2D eigenvalue weighted by molar-refractivity contribution is 0.0599. The van der Waals surface area contributed by atoms with Gasteiger partial charge >= 0.3 is 13.6 Å². The first-order valence-electron chi connectivity index (χ1n) is 6.21. The quantitative estimate of drug-likeness (QED) is 0.540. The number of carbonyl (C=O) groups is 1. The predicted molar refractivity (Wildman–Crippen MR) is 80.0 cm³/mol. The number of hydrogen-bond donors (Lipinski definition) is 0. The molecule has 0 heterocycles. The molecule has 0 saturated carbocycles. The fraction of sp³-hybridized carbons (Fsp3) is 0.462. The molecule has 5 nitrogen and oxygen atoms in total. The Morgan fingerprint density at radius 1 is 1.25 bits per heavy atom. The van der Waals surface area contributed by atoms with Crippen LogP contribution < -0.4 is 0 Å². The minimum atomic E-state index is -3.28. The maximum atomic E-state index is 12.6. The number of esters is 1. The van der Waals surface area contributed by atoms with Gasteiger partial charge in [-0.05, 0) is 31.5 Å².